The first kappa shape index (κ1) is 14.6. The van der Waals surface area contributed by atoms with Crippen molar-refractivity contribution >= 4 is 0 Å². The molecular weight excluding hydrogens is 160 g/mol. The highest BCUT2D eigenvalue weighted by atomic mass is 14.8. The summed E-state index contributed by atoms with van der Waals surface area (Å²) in [6, 6.07) is 0. The van der Waals surface area contributed by atoms with E-state index in [4.69, 9.17) is 0 Å². The topological polar surface area (TPSA) is 25.8 Å². The van der Waals surface area contributed by atoms with E-state index in [-0.39, 0.29) is 0 Å². The molecule has 1 aromatic rings. The molecule has 2 nitrogen and oxygen atoms in total. The maximum absolute atomic E-state index is 4.11. The van der Waals surface area contributed by atoms with Gasteiger partial charge in [0.2, 0.25) is 0 Å². The van der Waals surface area contributed by atoms with Gasteiger partial charge in [0.15, 0.2) is 0 Å². The molecule has 2 heteroatoms. The first-order valence-electron chi connectivity index (χ1n) is 4.96. The molecule has 0 unspecified atom stereocenters. The standard InChI is InChI=1S/C6H8N2.C3H8.C2H6/c1-5-3-7-4-6(2)8-5;1-3-2;1-2/h3-4H,1-2H3;3H2,1-2H3;1-2H3. The lowest BCUT2D eigenvalue weighted by atomic mass is 10.4. The Kier molecular flexibility index (Phi) is 12.4. The summed E-state index contributed by atoms with van der Waals surface area (Å²) in [7, 11) is 0. The molecule has 0 aliphatic heterocycles. The van der Waals surface area contributed by atoms with Crippen LogP contribution < -0.4 is 0 Å². The van der Waals surface area contributed by atoms with Gasteiger partial charge in [0.1, 0.15) is 0 Å². The van der Waals surface area contributed by atoms with E-state index in [0.717, 1.165) is 11.4 Å². The molecule has 1 heterocycles. The van der Waals surface area contributed by atoms with Crippen LogP contribution in [0.25, 0.3) is 0 Å². The van der Waals surface area contributed by atoms with Crippen LogP contribution in [0, 0.1) is 13.8 Å². The van der Waals surface area contributed by atoms with Gasteiger partial charge in [0.25, 0.3) is 0 Å². The molecule has 0 saturated heterocycles. The third-order valence-corrected chi connectivity index (χ3v) is 0.875. The zero-order chi connectivity index (χ0) is 10.7. The van der Waals surface area contributed by atoms with Gasteiger partial charge >= 0.3 is 0 Å². The van der Waals surface area contributed by atoms with Crippen molar-refractivity contribution < 1.29 is 0 Å². The van der Waals surface area contributed by atoms with Crippen LogP contribution in [0.5, 0.6) is 0 Å². The van der Waals surface area contributed by atoms with Gasteiger partial charge < -0.3 is 0 Å². The Morgan fingerprint density at radius 3 is 1.46 bits per heavy atom. The molecule has 0 aliphatic carbocycles. The molecule has 0 aliphatic rings. The predicted molar refractivity (Wildman–Crippen MR) is 58.8 cm³/mol. The fraction of sp³-hybridized carbons (Fsp3) is 0.636. The van der Waals surface area contributed by atoms with Crippen LogP contribution in [-0.2, 0) is 0 Å². The van der Waals surface area contributed by atoms with Gasteiger partial charge in [0.05, 0.1) is 11.4 Å². The largest absolute Gasteiger partial charge is 0.261 e. The smallest absolute Gasteiger partial charge is 0.0558 e. The highest BCUT2D eigenvalue weighted by molar-refractivity contribution is 4.98. The fourth-order valence-electron chi connectivity index (χ4n) is 0.589. The normalized spacial score (nSPS) is 7.54. The maximum atomic E-state index is 4.11. The molecule has 0 radical (unpaired) electrons. The fourth-order valence-corrected chi connectivity index (χ4v) is 0.589. The van der Waals surface area contributed by atoms with Gasteiger partial charge in [-0.1, -0.05) is 34.1 Å². The van der Waals surface area contributed by atoms with E-state index in [0.29, 0.717) is 0 Å². The Bertz CT molecular complexity index is 180. The summed E-state index contributed by atoms with van der Waals surface area (Å²) in [5.74, 6) is 0. The summed E-state index contributed by atoms with van der Waals surface area (Å²) < 4.78 is 0. The van der Waals surface area contributed by atoms with Crippen LogP contribution in [0.1, 0.15) is 45.5 Å². The first-order valence-corrected chi connectivity index (χ1v) is 4.96. The van der Waals surface area contributed by atoms with Crippen LogP contribution in [0.4, 0.5) is 0 Å². The van der Waals surface area contributed by atoms with Gasteiger partial charge in [-0.25, -0.2) is 0 Å². The summed E-state index contributed by atoms with van der Waals surface area (Å²) in [5.41, 5.74) is 1.95. The molecule has 0 N–H and O–H groups in total. The number of hydrogen-bond donors (Lipinski definition) is 0. The van der Waals surface area contributed by atoms with E-state index >= 15 is 0 Å². The number of hydrogen-bond acceptors (Lipinski definition) is 2. The minimum atomic E-state index is 0.977. The van der Waals surface area contributed by atoms with E-state index in [1.54, 1.807) is 12.4 Å². The Balaban J connectivity index is 0. The predicted octanol–water partition coefficient (Wildman–Crippen LogP) is 3.54. The van der Waals surface area contributed by atoms with E-state index < -0.39 is 0 Å². The van der Waals surface area contributed by atoms with Crippen molar-refractivity contribution in [2.75, 3.05) is 0 Å². The second kappa shape index (κ2) is 11.1. The molecule has 0 aromatic carbocycles. The Morgan fingerprint density at radius 1 is 1.00 bits per heavy atom. The summed E-state index contributed by atoms with van der Waals surface area (Å²) in [6.07, 6.45) is 4.74. The van der Waals surface area contributed by atoms with Gasteiger partial charge in [0, 0.05) is 12.4 Å². The van der Waals surface area contributed by atoms with Crippen LogP contribution in [0.15, 0.2) is 12.4 Å². The molecule has 0 bridgehead atoms. The number of aromatic nitrogens is 2. The highest BCUT2D eigenvalue weighted by Gasteiger charge is 1.83. The third kappa shape index (κ3) is 11.1. The molecule has 0 spiro atoms. The van der Waals surface area contributed by atoms with E-state index in [9.17, 15) is 0 Å². The van der Waals surface area contributed by atoms with E-state index in [2.05, 4.69) is 23.8 Å². The lowest BCUT2D eigenvalue weighted by molar-refractivity contribution is 1.05. The van der Waals surface area contributed by atoms with Gasteiger partial charge in [-0.2, -0.15) is 0 Å². The first-order chi connectivity index (χ1) is 6.20. The molecular formula is C11H22N2. The molecule has 1 aromatic heterocycles. The van der Waals surface area contributed by atoms with Crippen molar-refractivity contribution in [2.45, 2.75) is 48.0 Å². The summed E-state index contributed by atoms with van der Waals surface area (Å²) in [6.45, 7) is 12.1. The minimum Gasteiger partial charge on any atom is -0.261 e. The minimum absolute atomic E-state index is 0.977. The summed E-state index contributed by atoms with van der Waals surface area (Å²) in [4.78, 5) is 8.03. The zero-order valence-electron chi connectivity index (χ0n) is 9.76. The lowest BCUT2D eigenvalue weighted by Gasteiger charge is -1.89. The van der Waals surface area contributed by atoms with Gasteiger partial charge in [-0.3, -0.25) is 9.97 Å². The Labute approximate surface area is 82.4 Å². The van der Waals surface area contributed by atoms with Crippen LogP contribution in [0.2, 0.25) is 0 Å². The monoisotopic (exact) mass is 182 g/mol. The zero-order valence-corrected chi connectivity index (χ0v) is 9.76. The molecule has 13 heavy (non-hydrogen) atoms. The third-order valence-electron chi connectivity index (χ3n) is 0.875. The average molecular weight is 182 g/mol. The second-order valence-corrected chi connectivity index (χ2v) is 2.51. The van der Waals surface area contributed by atoms with E-state index in [1.165, 1.54) is 6.42 Å². The molecule has 1 rings (SSSR count). The number of nitrogens with zero attached hydrogens (tertiary/aromatic N) is 2. The number of rotatable bonds is 0. The molecule has 0 saturated carbocycles. The Morgan fingerprint density at radius 2 is 1.31 bits per heavy atom. The SMILES string of the molecule is CC.CCC.Cc1cncc(C)n1. The van der Waals surface area contributed by atoms with Crippen molar-refractivity contribution in [3.8, 4) is 0 Å². The Hall–Kier alpha value is -0.920. The van der Waals surface area contributed by atoms with E-state index in [1.807, 2.05) is 27.7 Å². The van der Waals surface area contributed by atoms with Crippen LogP contribution in [0.3, 0.4) is 0 Å². The molecule has 76 valence electrons. The maximum Gasteiger partial charge on any atom is 0.0558 e. The van der Waals surface area contributed by atoms with Crippen LogP contribution in [-0.4, -0.2) is 9.97 Å². The van der Waals surface area contributed by atoms with Crippen molar-refractivity contribution in [2.24, 2.45) is 0 Å². The second-order valence-electron chi connectivity index (χ2n) is 2.51. The van der Waals surface area contributed by atoms with Crippen molar-refractivity contribution in [1.82, 2.24) is 9.97 Å². The van der Waals surface area contributed by atoms with Crippen molar-refractivity contribution in [3.63, 3.8) is 0 Å². The molecule has 0 atom stereocenters. The average Bonchev–Trinajstić information content (AvgIpc) is 2.08. The van der Waals surface area contributed by atoms with Gasteiger partial charge in [-0.05, 0) is 13.8 Å². The number of aryl methyl sites for hydroxylation is 2. The highest BCUT2D eigenvalue weighted by Crippen LogP contribution is 1.89. The van der Waals surface area contributed by atoms with Crippen molar-refractivity contribution in [1.29, 1.82) is 0 Å². The quantitative estimate of drug-likeness (QED) is 0.613. The molecule has 0 fully saturated rings. The van der Waals surface area contributed by atoms with Gasteiger partial charge in [-0.15, -0.1) is 0 Å². The lowest BCUT2D eigenvalue weighted by Crippen LogP contribution is -1.85. The summed E-state index contributed by atoms with van der Waals surface area (Å²) >= 11 is 0. The molecule has 0 amide bonds. The van der Waals surface area contributed by atoms with Crippen molar-refractivity contribution in [3.05, 3.63) is 23.8 Å². The summed E-state index contributed by atoms with van der Waals surface area (Å²) in [5, 5.41) is 0. The van der Waals surface area contributed by atoms with Crippen LogP contribution >= 0.6 is 0 Å².